The van der Waals surface area contributed by atoms with Crippen LogP contribution in [0.2, 0.25) is 5.02 Å². The topological polar surface area (TPSA) is 60.1 Å². The Balaban J connectivity index is 2.22. The van der Waals surface area contributed by atoms with E-state index in [2.05, 4.69) is 5.43 Å². The maximum Gasteiger partial charge on any atom is 0.267 e. The van der Waals surface area contributed by atoms with Crippen LogP contribution in [0.3, 0.4) is 0 Å². The van der Waals surface area contributed by atoms with Crippen LogP contribution < -0.4 is 11.3 Å². The highest BCUT2D eigenvalue weighted by atomic mass is 35.5. The van der Waals surface area contributed by atoms with Crippen molar-refractivity contribution in [2.45, 2.75) is 13.5 Å². The Morgan fingerprint density at radius 2 is 2.00 bits per heavy atom. The average molecular weight is 332 g/mol. The van der Waals surface area contributed by atoms with Crippen molar-refractivity contribution >= 4 is 28.4 Å². The van der Waals surface area contributed by atoms with Gasteiger partial charge in [-0.3, -0.25) is 10.2 Å². The Hall–Kier alpha value is -2.37. The second-order valence-electron chi connectivity index (χ2n) is 5.24. The van der Waals surface area contributed by atoms with E-state index >= 15 is 0 Å². The summed E-state index contributed by atoms with van der Waals surface area (Å²) in [6.45, 7) is 2.04. The normalized spacial score (nSPS) is 11.0. The highest BCUT2D eigenvalue weighted by Crippen LogP contribution is 2.28. The van der Waals surface area contributed by atoms with Crippen LogP contribution in [0.1, 0.15) is 21.6 Å². The van der Waals surface area contributed by atoms with Gasteiger partial charge in [-0.2, -0.15) is 0 Å². The molecule has 0 spiro atoms. The Labute approximate surface area is 137 Å². The molecular formula is C17H15ClFN3O. The molecule has 3 N–H and O–H groups in total. The third-order valence-electron chi connectivity index (χ3n) is 3.97. The van der Waals surface area contributed by atoms with Crippen LogP contribution in [0.5, 0.6) is 0 Å². The number of benzene rings is 2. The van der Waals surface area contributed by atoms with Crippen LogP contribution in [0.4, 0.5) is 4.39 Å². The van der Waals surface area contributed by atoms with E-state index in [4.69, 9.17) is 17.4 Å². The van der Waals surface area contributed by atoms with Gasteiger partial charge < -0.3 is 4.57 Å². The van der Waals surface area contributed by atoms with Gasteiger partial charge in [0.25, 0.3) is 5.91 Å². The quantitative estimate of drug-likeness (QED) is 0.439. The van der Waals surface area contributed by atoms with Crippen molar-refractivity contribution in [3.63, 3.8) is 0 Å². The van der Waals surface area contributed by atoms with Crippen molar-refractivity contribution in [2.24, 2.45) is 5.84 Å². The molecule has 0 saturated carbocycles. The highest BCUT2D eigenvalue weighted by molar-refractivity contribution is 6.31. The van der Waals surface area contributed by atoms with Gasteiger partial charge in [0.1, 0.15) is 5.82 Å². The third kappa shape index (κ3) is 2.58. The van der Waals surface area contributed by atoms with Gasteiger partial charge in [-0.15, -0.1) is 0 Å². The molecule has 4 nitrogen and oxygen atoms in total. The molecule has 2 aromatic carbocycles. The first-order valence-electron chi connectivity index (χ1n) is 7.06. The number of hydrazine groups is 1. The zero-order valence-corrected chi connectivity index (χ0v) is 13.2. The maximum absolute atomic E-state index is 14.1. The summed E-state index contributed by atoms with van der Waals surface area (Å²) in [4.78, 5) is 12.1. The van der Waals surface area contributed by atoms with Gasteiger partial charge in [0, 0.05) is 27.2 Å². The number of rotatable bonds is 3. The number of hydrogen-bond donors (Lipinski definition) is 2. The minimum Gasteiger partial charge on any atom is -0.339 e. The standard InChI is InChI=1S/C17H15ClFN3O/c1-10-16(17(23)21-20)11-5-2-3-8-15(11)22(10)9-12-13(18)6-4-7-14(12)19/h2-8H,9,20H2,1H3,(H,21,23). The molecule has 0 bridgehead atoms. The van der Waals surface area contributed by atoms with Gasteiger partial charge in [0.15, 0.2) is 0 Å². The molecule has 0 aliphatic carbocycles. The summed E-state index contributed by atoms with van der Waals surface area (Å²) in [6, 6.07) is 12.0. The molecule has 0 saturated heterocycles. The van der Waals surface area contributed by atoms with Gasteiger partial charge in [-0.25, -0.2) is 10.2 Å². The number of hydrogen-bond acceptors (Lipinski definition) is 2. The number of carbonyl (C=O) groups excluding carboxylic acids is 1. The Morgan fingerprint density at radius 1 is 1.26 bits per heavy atom. The van der Waals surface area contributed by atoms with E-state index in [0.717, 1.165) is 10.9 Å². The molecule has 0 unspecified atom stereocenters. The lowest BCUT2D eigenvalue weighted by molar-refractivity contribution is 0.0954. The molecule has 23 heavy (non-hydrogen) atoms. The number of amides is 1. The maximum atomic E-state index is 14.1. The van der Waals surface area contributed by atoms with Crippen molar-refractivity contribution in [2.75, 3.05) is 0 Å². The van der Waals surface area contributed by atoms with Crippen LogP contribution in [0.25, 0.3) is 10.9 Å². The first-order valence-corrected chi connectivity index (χ1v) is 7.44. The lowest BCUT2D eigenvalue weighted by Crippen LogP contribution is -2.30. The van der Waals surface area contributed by atoms with E-state index in [1.165, 1.54) is 6.07 Å². The minimum atomic E-state index is -0.378. The summed E-state index contributed by atoms with van der Waals surface area (Å²) in [5.74, 6) is 4.53. The Morgan fingerprint density at radius 3 is 2.70 bits per heavy atom. The number of carbonyl (C=O) groups is 1. The zero-order valence-electron chi connectivity index (χ0n) is 12.4. The molecular weight excluding hydrogens is 317 g/mol. The predicted octanol–water partition coefficient (Wildman–Crippen LogP) is 3.39. The summed E-state index contributed by atoms with van der Waals surface area (Å²) >= 11 is 6.13. The van der Waals surface area contributed by atoms with Crippen molar-refractivity contribution in [1.82, 2.24) is 9.99 Å². The number of aromatic nitrogens is 1. The molecule has 6 heteroatoms. The molecule has 118 valence electrons. The van der Waals surface area contributed by atoms with E-state index in [0.29, 0.717) is 21.8 Å². The molecule has 0 aliphatic rings. The van der Waals surface area contributed by atoms with Crippen molar-refractivity contribution in [1.29, 1.82) is 0 Å². The number of nitrogen functional groups attached to an aromatic ring is 1. The predicted molar refractivity (Wildman–Crippen MR) is 88.8 cm³/mol. The highest BCUT2D eigenvalue weighted by Gasteiger charge is 2.20. The van der Waals surface area contributed by atoms with Crippen LogP contribution in [-0.2, 0) is 6.54 Å². The van der Waals surface area contributed by atoms with E-state index in [9.17, 15) is 9.18 Å². The minimum absolute atomic E-state index is 0.232. The summed E-state index contributed by atoms with van der Waals surface area (Å²) in [5, 5.41) is 1.12. The van der Waals surface area contributed by atoms with Gasteiger partial charge in [0.2, 0.25) is 0 Å². The lowest BCUT2D eigenvalue weighted by atomic mass is 10.1. The number of fused-ring (bicyclic) bond motifs is 1. The van der Waals surface area contributed by atoms with Crippen molar-refractivity contribution in [3.8, 4) is 0 Å². The first kappa shape index (κ1) is 15.5. The molecule has 0 atom stereocenters. The number of nitrogens with one attached hydrogen (secondary N) is 1. The number of halogens is 2. The van der Waals surface area contributed by atoms with Gasteiger partial charge >= 0.3 is 0 Å². The Kier molecular flexibility index (Phi) is 4.07. The van der Waals surface area contributed by atoms with Crippen LogP contribution >= 0.6 is 11.6 Å². The smallest absolute Gasteiger partial charge is 0.267 e. The SMILES string of the molecule is Cc1c(C(=O)NN)c2ccccc2n1Cc1c(F)cccc1Cl. The largest absolute Gasteiger partial charge is 0.339 e. The van der Waals surface area contributed by atoms with Crippen molar-refractivity contribution in [3.05, 3.63) is 70.1 Å². The fourth-order valence-corrected chi connectivity index (χ4v) is 3.06. The molecule has 0 aliphatic heterocycles. The van der Waals surface area contributed by atoms with Gasteiger partial charge in [-0.1, -0.05) is 35.9 Å². The van der Waals surface area contributed by atoms with Crippen molar-refractivity contribution < 1.29 is 9.18 Å². The fraction of sp³-hybridized carbons (Fsp3) is 0.118. The first-order chi connectivity index (χ1) is 11.0. The molecule has 1 heterocycles. The third-order valence-corrected chi connectivity index (χ3v) is 4.32. The molecule has 1 amide bonds. The second kappa shape index (κ2) is 6.02. The second-order valence-corrected chi connectivity index (χ2v) is 5.64. The van der Waals surface area contributed by atoms with E-state index in [1.54, 1.807) is 19.1 Å². The summed E-state index contributed by atoms with van der Waals surface area (Å²) in [7, 11) is 0. The lowest BCUT2D eigenvalue weighted by Gasteiger charge is -2.11. The van der Waals surface area contributed by atoms with Gasteiger partial charge in [-0.05, 0) is 25.1 Å². The van der Waals surface area contributed by atoms with Crippen LogP contribution in [-0.4, -0.2) is 10.5 Å². The molecule has 3 aromatic rings. The number of para-hydroxylation sites is 1. The van der Waals surface area contributed by atoms with E-state index in [1.807, 2.05) is 28.8 Å². The number of nitrogens with zero attached hydrogens (tertiary/aromatic N) is 1. The molecule has 1 aromatic heterocycles. The van der Waals surface area contributed by atoms with Crippen LogP contribution in [0, 0.1) is 12.7 Å². The summed E-state index contributed by atoms with van der Waals surface area (Å²) < 4.78 is 16.0. The monoisotopic (exact) mass is 331 g/mol. The van der Waals surface area contributed by atoms with E-state index < -0.39 is 0 Å². The fourth-order valence-electron chi connectivity index (χ4n) is 2.83. The average Bonchev–Trinajstić information content (AvgIpc) is 2.82. The summed E-state index contributed by atoms with van der Waals surface area (Å²) in [6.07, 6.45) is 0. The number of nitrogens with two attached hydrogens (primary N) is 1. The molecule has 3 rings (SSSR count). The Bertz CT molecular complexity index is 884. The zero-order chi connectivity index (χ0) is 16.6. The molecule has 0 radical (unpaired) electrons. The summed E-state index contributed by atoms with van der Waals surface area (Å²) in [5.41, 5.74) is 4.56. The van der Waals surface area contributed by atoms with Crippen LogP contribution in [0.15, 0.2) is 42.5 Å². The van der Waals surface area contributed by atoms with Gasteiger partial charge in [0.05, 0.1) is 12.1 Å². The van der Waals surface area contributed by atoms with E-state index in [-0.39, 0.29) is 18.3 Å². The molecule has 0 fully saturated rings.